The summed E-state index contributed by atoms with van der Waals surface area (Å²) in [7, 11) is 0. The number of H-pyrrole nitrogens is 1. The molecule has 0 spiro atoms. The molecule has 0 radical (unpaired) electrons. The molecule has 1 atom stereocenters. The monoisotopic (exact) mass is 266 g/mol. The summed E-state index contributed by atoms with van der Waals surface area (Å²) in [5.41, 5.74) is 6.41. The Bertz CT molecular complexity index is 395. The maximum atomic E-state index is 11.2. The Morgan fingerprint density at radius 1 is 1.56 bits per heavy atom. The minimum atomic E-state index is -0.104. The van der Waals surface area contributed by atoms with Gasteiger partial charge in [0.1, 0.15) is 0 Å². The van der Waals surface area contributed by atoms with Crippen LogP contribution in [0.25, 0.3) is 0 Å². The van der Waals surface area contributed by atoms with Crippen molar-refractivity contribution in [1.82, 2.24) is 9.97 Å². The highest BCUT2D eigenvalue weighted by Crippen LogP contribution is 2.13. The Morgan fingerprint density at radius 3 is 2.75 bits per heavy atom. The van der Waals surface area contributed by atoms with Gasteiger partial charge in [0.25, 0.3) is 5.56 Å². The summed E-state index contributed by atoms with van der Waals surface area (Å²) >= 11 is 0. The number of halogens is 2. The van der Waals surface area contributed by atoms with Crippen LogP contribution in [0.15, 0.2) is 10.9 Å². The van der Waals surface area contributed by atoms with Crippen molar-refractivity contribution in [3.63, 3.8) is 0 Å². The lowest BCUT2D eigenvalue weighted by molar-refractivity contribution is 0.749. The van der Waals surface area contributed by atoms with Gasteiger partial charge in [-0.15, -0.1) is 24.8 Å². The van der Waals surface area contributed by atoms with Gasteiger partial charge in [0, 0.05) is 30.9 Å². The molecule has 5 nitrogen and oxygen atoms in total. The summed E-state index contributed by atoms with van der Waals surface area (Å²) in [4.78, 5) is 20.2. The van der Waals surface area contributed by atoms with Gasteiger partial charge in [-0.05, 0) is 13.3 Å². The number of hydrogen-bond acceptors (Lipinski definition) is 4. The zero-order chi connectivity index (χ0) is 10.1. The standard InChI is InChI=1S/C9H14N4O.2ClH/c1-6-4-8(14)12-9(11-6)13-3-2-7(10)5-13;;/h4,7H,2-3,5,10H2,1H3,(H,11,12,14);2*1H. The summed E-state index contributed by atoms with van der Waals surface area (Å²) in [5, 5.41) is 0. The first-order valence-electron chi connectivity index (χ1n) is 4.73. The van der Waals surface area contributed by atoms with Crippen LogP contribution in [0.1, 0.15) is 12.1 Å². The SMILES string of the molecule is Cc1cc(=O)[nH]c(N2CCC(N)C2)n1.Cl.Cl. The fourth-order valence-electron chi connectivity index (χ4n) is 1.69. The van der Waals surface area contributed by atoms with Gasteiger partial charge in [0.05, 0.1) is 0 Å². The zero-order valence-electron chi connectivity index (χ0n) is 8.97. The smallest absolute Gasteiger partial charge is 0.252 e. The van der Waals surface area contributed by atoms with Crippen molar-refractivity contribution in [3.05, 3.63) is 22.1 Å². The second-order valence-electron chi connectivity index (χ2n) is 3.71. The molecule has 16 heavy (non-hydrogen) atoms. The second-order valence-corrected chi connectivity index (χ2v) is 3.71. The van der Waals surface area contributed by atoms with Crippen molar-refractivity contribution in [2.24, 2.45) is 5.73 Å². The van der Waals surface area contributed by atoms with Crippen LogP contribution in [0, 0.1) is 6.92 Å². The Kier molecular flexibility index (Phi) is 5.78. The van der Waals surface area contributed by atoms with Crippen molar-refractivity contribution >= 4 is 30.8 Å². The minimum Gasteiger partial charge on any atom is -0.341 e. The lowest BCUT2D eigenvalue weighted by atomic mass is 10.3. The van der Waals surface area contributed by atoms with Gasteiger partial charge in [-0.25, -0.2) is 4.98 Å². The third-order valence-electron chi connectivity index (χ3n) is 2.38. The molecule has 1 fully saturated rings. The maximum Gasteiger partial charge on any atom is 0.252 e. The fourth-order valence-corrected chi connectivity index (χ4v) is 1.69. The number of anilines is 1. The van der Waals surface area contributed by atoms with E-state index in [1.165, 1.54) is 6.07 Å². The first kappa shape index (κ1) is 15.2. The molecule has 1 aromatic heterocycles. The van der Waals surface area contributed by atoms with Crippen molar-refractivity contribution in [1.29, 1.82) is 0 Å². The number of nitrogens with zero attached hydrogens (tertiary/aromatic N) is 2. The largest absolute Gasteiger partial charge is 0.341 e. The Hall–Kier alpha value is -0.780. The lowest BCUT2D eigenvalue weighted by Crippen LogP contribution is -2.29. The van der Waals surface area contributed by atoms with Gasteiger partial charge in [-0.2, -0.15) is 0 Å². The van der Waals surface area contributed by atoms with Crippen LogP contribution in [0.3, 0.4) is 0 Å². The number of hydrogen-bond donors (Lipinski definition) is 2. The molecule has 7 heteroatoms. The van der Waals surface area contributed by atoms with Crippen LogP contribution in [0.5, 0.6) is 0 Å². The van der Waals surface area contributed by atoms with Crippen molar-refractivity contribution in [2.45, 2.75) is 19.4 Å². The summed E-state index contributed by atoms with van der Waals surface area (Å²) in [6.45, 7) is 3.45. The Labute approximate surface area is 106 Å². The van der Waals surface area contributed by atoms with Gasteiger partial charge < -0.3 is 10.6 Å². The first-order chi connectivity index (χ1) is 6.65. The van der Waals surface area contributed by atoms with Gasteiger partial charge >= 0.3 is 0 Å². The molecule has 1 aliphatic rings. The van der Waals surface area contributed by atoms with E-state index >= 15 is 0 Å². The highest BCUT2D eigenvalue weighted by molar-refractivity contribution is 5.85. The van der Waals surface area contributed by atoms with E-state index in [-0.39, 0.29) is 36.4 Å². The van der Waals surface area contributed by atoms with Crippen molar-refractivity contribution < 1.29 is 0 Å². The number of nitrogens with one attached hydrogen (secondary N) is 1. The lowest BCUT2D eigenvalue weighted by Gasteiger charge is -2.15. The quantitative estimate of drug-likeness (QED) is 0.775. The Balaban J connectivity index is 0.00000112. The normalized spacial score (nSPS) is 18.9. The zero-order valence-corrected chi connectivity index (χ0v) is 10.6. The summed E-state index contributed by atoms with van der Waals surface area (Å²) in [6, 6.07) is 1.68. The molecule has 0 saturated carbocycles. The molecule has 3 N–H and O–H groups in total. The average Bonchev–Trinajstić information content (AvgIpc) is 2.50. The summed E-state index contributed by atoms with van der Waals surface area (Å²) < 4.78 is 0. The average molecular weight is 267 g/mol. The molecular weight excluding hydrogens is 251 g/mol. The highest BCUT2D eigenvalue weighted by atomic mass is 35.5. The highest BCUT2D eigenvalue weighted by Gasteiger charge is 2.20. The molecule has 0 aromatic carbocycles. The maximum absolute atomic E-state index is 11.2. The summed E-state index contributed by atoms with van der Waals surface area (Å²) in [6.07, 6.45) is 0.956. The van der Waals surface area contributed by atoms with Gasteiger partial charge in [0.15, 0.2) is 0 Å². The molecule has 0 aliphatic carbocycles. The van der Waals surface area contributed by atoms with E-state index in [1.807, 2.05) is 11.8 Å². The van der Waals surface area contributed by atoms with Crippen molar-refractivity contribution in [3.8, 4) is 0 Å². The molecule has 1 aliphatic heterocycles. The predicted octanol–water partition coefficient (Wildman–Crippen LogP) is 0.459. The fraction of sp³-hybridized carbons (Fsp3) is 0.556. The predicted molar refractivity (Wildman–Crippen MR) is 68.9 cm³/mol. The van der Waals surface area contributed by atoms with Gasteiger partial charge in [-0.3, -0.25) is 9.78 Å². The molecule has 92 valence electrons. The van der Waals surface area contributed by atoms with Crippen molar-refractivity contribution in [2.75, 3.05) is 18.0 Å². The number of nitrogens with two attached hydrogens (primary N) is 1. The molecular formula is C9H16Cl2N4O. The van der Waals surface area contributed by atoms with Crippen LogP contribution >= 0.6 is 24.8 Å². The van der Waals surface area contributed by atoms with Gasteiger partial charge in [-0.1, -0.05) is 0 Å². The van der Waals surface area contributed by atoms with Crippen LogP contribution < -0.4 is 16.2 Å². The van der Waals surface area contributed by atoms with E-state index in [2.05, 4.69) is 9.97 Å². The number of rotatable bonds is 1. The van der Waals surface area contributed by atoms with E-state index in [4.69, 9.17) is 5.73 Å². The summed E-state index contributed by atoms with van der Waals surface area (Å²) in [5.74, 6) is 0.642. The Morgan fingerprint density at radius 2 is 2.25 bits per heavy atom. The molecule has 1 aromatic rings. The molecule has 1 saturated heterocycles. The third-order valence-corrected chi connectivity index (χ3v) is 2.38. The first-order valence-corrected chi connectivity index (χ1v) is 4.73. The molecule has 0 amide bonds. The van der Waals surface area contributed by atoms with Crippen LogP contribution in [0.2, 0.25) is 0 Å². The number of aryl methyl sites for hydroxylation is 1. The van der Waals surface area contributed by atoms with Gasteiger partial charge in [0.2, 0.25) is 5.95 Å². The second kappa shape index (κ2) is 6.08. The van der Waals surface area contributed by atoms with Crippen LogP contribution in [0.4, 0.5) is 5.95 Å². The van der Waals surface area contributed by atoms with E-state index in [0.717, 1.165) is 25.2 Å². The van der Waals surface area contributed by atoms with Crippen LogP contribution in [-0.4, -0.2) is 29.1 Å². The molecule has 2 rings (SSSR count). The number of aromatic amines is 1. The van der Waals surface area contributed by atoms with Crippen LogP contribution in [-0.2, 0) is 0 Å². The van der Waals surface area contributed by atoms with E-state index < -0.39 is 0 Å². The van der Waals surface area contributed by atoms with E-state index in [0.29, 0.717) is 5.95 Å². The number of aromatic nitrogens is 2. The van der Waals surface area contributed by atoms with E-state index in [9.17, 15) is 4.79 Å². The van der Waals surface area contributed by atoms with E-state index in [1.54, 1.807) is 0 Å². The molecule has 0 bridgehead atoms. The third kappa shape index (κ3) is 3.37. The topological polar surface area (TPSA) is 75.0 Å². The molecule has 1 unspecified atom stereocenters. The minimum absolute atomic E-state index is 0. The molecule has 2 heterocycles.